The maximum Gasteiger partial charge on any atom is 0.229 e. The predicted molar refractivity (Wildman–Crippen MR) is 134 cm³/mol. The van der Waals surface area contributed by atoms with Gasteiger partial charge in [0.2, 0.25) is 5.95 Å². The van der Waals surface area contributed by atoms with Gasteiger partial charge in [0.05, 0.1) is 5.39 Å². The molecule has 1 saturated heterocycles. The van der Waals surface area contributed by atoms with E-state index in [4.69, 9.17) is 0 Å². The number of benzene rings is 2. The Bertz CT molecular complexity index is 1350. The zero-order valence-corrected chi connectivity index (χ0v) is 19.2. The smallest absolute Gasteiger partial charge is 0.229 e. The zero-order chi connectivity index (χ0) is 22.9. The molecule has 1 fully saturated rings. The van der Waals surface area contributed by atoms with Crippen molar-refractivity contribution in [2.24, 2.45) is 7.05 Å². The largest absolute Gasteiger partial charge is 0.369 e. The maximum absolute atomic E-state index is 13.2. The van der Waals surface area contributed by atoms with Crippen LogP contribution in [0.2, 0.25) is 0 Å². The molecule has 1 aliphatic rings. The third-order valence-corrected chi connectivity index (χ3v) is 6.34. The molecule has 2 aromatic heterocycles. The number of hydrogen-bond acceptors (Lipinski definition) is 6. The average molecular weight is 441 g/mol. The summed E-state index contributed by atoms with van der Waals surface area (Å²) >= 11 is 0. The zero-order valence-electron chi connectivity index (χ0n) is 19.2. The van der Waals surface area contributed by atoms with Gasteiger partial charge in [-0.05, 0) is 49.4 Å². The Morgan fingerprint density at radius 1 is 0.909 bits per heavy atom. The lowest BCUT2D eigenvalue weighted by Crippen LogP contribution is -2.44. The SMILES string of the molecule is Cc1ccccc1-c1cn(C)c2nc(Nc3ccc(N4CCN(C)CC4)cc3)ncc2c1=O. The van der Waals surface area contributed by atoms with Crippen molar-refractivity contribution in [2.75, 3.05) is 43.4 Å². The van der Waals surface area contributed by atoms with Gasteiger partial charge in [-0.2, -0.15) is 4.98 Å². The van der Waals surface area contributed by atoms with Crippen LogP contribution in [0.1, 0.15) is 5.56 Å². The van der Waals surface area contributed by atoms with Crippen molar-refractivity contribution in [3.8, 4) is 11.1 Å². The molecule has 0 radical (unpaired) electrons. The third-order valence-electron chi connectivity index (χ3n) is 6.34. The highest BCUT2D eigenvalue weighted by Crippen LogP contribution is 2.24. The van der Waals surface area contributed by atoms with Crippen LogP contribution in [-0.4, -0.2) is 52.7 Å². The maximum atomic E-state index is 13.2. The van der Waals surface area contributed by atoms with Crippen molar-refractivity contribution in [1.29, 1.82) is 0 Å². The summed E-state index contributed by atoms with van der Waals surface area (Å²) in [7, 11) is 4.07. The number of fused-ring (bicyclic) bond motifs is 1. The number of pyridine rings is 1. The predicted octanol–water partition coefficient (Wildman–Crippen LogP) is 3.80. The molecule has 4 aromatic rings. The summed E-state index contributed by atoms with van der Waals surface area (Å²) in [6.45, 7) is 6.24. The summed E-state index contributed by atoms with van der Waals surface area (Å²) in [5.74, 6) is 0.466. The van der Waals surface area contributed by atoms with Gasteiger partial charge in [-0.1, -0.05) is 24.3 Å². The molecular weight excluding hydrogens is 412 g/mol. The monoisotopic (exact) mass is 440 g/mol. The van der Waals surface area contributed by atoms with Crippen molar-refractivity contribution in [3.63, 3.8) is 0 Å². The van der Waals surface area contributed by atoms with Crippen LogP contribution in [-0.2, 0) is 7.05 Å². The van der Waals surface area contributed by atoms with E-state index < -0.39 is 0 Å². The van der Waals surface area contributed by atoms with E-state index in [1.54, 1.807) is 6.20 Å². The van der Waals surface area contributed by atoms with Crippen LogP contribution < -0.4 is 15.6 Å². The van der Waals surface area contributed by atoms with E-state index in [1.807, 2.05) is 61.1 Å². The molecular formula is C26H28N6O. The molecule has 0 unspecified atom stereocenters. The molecule has 5 rings (SSSR count). The Balaban J connectivity index is 1.41. The Hall–Kier alpha value is -3.71. The number of anilines is 3. The Morgan fingerprint density at radius 3 is 2.36 bits per heavy atom. The molecule has 0 bridgehead atoms. The third kappa shape index (κ3) is 4.19. The highest BCUT2D eigenvalue weighted by atomic mass is 16.1. The van der Waals surface area contributed by atoms with Gasteiger partial charge in [0, 0.05) is 62.6 Å². The van der Waals surface area contributed by atoms with E-state index in [2.05, 4.69) is 44.3 Å². The number of aromatic nitrogens is 3. The minimum Gasteiger partial charge on any atom is -0.369 e. The second kappa shape index (κ2) is 8.67. The van der Waals surface area contributed by atoms with Gasteiger partial charge >= 0.3 is 0 Å². The minimum absolute atomic E-state index is 0.0551. The lowest BCUT2D eigenvalue weighted by Gasteiger charge is -2.34. The van der Waals surface area contributed by atoms with E-state index in [9.17, 15) is 4.79 Å². The first kappa shape index (κ1) is 21.2. The second-order valence-electron chi connectivity index (χ2n) is 8.69. The fourth-order valence-corrected chi connectivity index (χ4v) is 4.34. The number of nitrogens with zero attached hydrogens (tertiary/aromatic N) is 5. The van der Waals surface area contributed by atoms with Gasteiger partial charge in [0.25, 0.3) is 0 Å². The molecule has 0 saturated carbocycles. The molecule has 168 valence electrons. The molecule has 7 nitrogen and oxygen atoms in total. The number of rotatable bonds is 4. The summed E-state index contributed by atoms with van der Waals surface area (Å²) in [5, 5.41) is 3.78. The quantitative estimate of drug-likeness (QED) is 0.521. The van der Waals surface area contributed by atoms with Crippen LogP contribution in [0.3, 0.4) is 0 Å². The van der Waals surface area contributed by atoms with Crippen molar-refractivity contribution in [2.45, 2.75) is 6.92 Å². The number of likely N-dealkylation sites (N-methyl/N-ethyl adjacent to an activating group) is 1. The first-order chi connectivity index (χ1) is 16.0. The van der Waals surface area contributed by atoms with Crippen LogP contribution in [0.5, 0.6) is 0 Å². The van der Waals surface area contributed by atoms with Gasteiger partial charge in [-0.15, -0.1) is 0 Å². The van der Waals surface area contributed by atoms with E-state index in [0.717, 1.165) is 43.0 Å². The van der Waals surface area contributed by atoms with Crippen molar-refractivity contribution >= 4 is 28.4 Å². The standard InChI is InChI=1S/C26H28N6O/c1-18-6-4-5-7-21(18)23-17-31(3)25-22(24(23)33)16-27-26(29-25)28-19-8-10-20(11-9-19)32-14-12-30(2)13-15-32/h4-11,16-17H,12-15H2,1-3H3,(H,27,28,29). The fraction of sp³-hybridized carbons (Fsp3) is 0.269. The van der Waals surface area contributed by atoms with Crippen LogP contribution in [0.4, 0.5) is 17.3 Å². The first-order valence-electron chi connectivity index (χ1n) is 11.2. The molecule has 3 heterocycles. The van der Waals surface area contributed by atoms with Crippen molar-refractivity contribution in [1.82, 2.24) is 19.4 Å². The van der Waals surface area contributed by atoms with E-state index in [0.29, 0.717) is 22.5 Å². The highest BCUT2D eigenvalue weighted by molar-refractivity contribution is 5.82. The molecule has 0 atom stereocenters. The van der Waals surface area contributed by atoms with Gasteiger partial charge < -0.3 is 19.7 Å². The highest BCUT2D eigenvalue weighted by Gasteiger charge is 2.15. The van der Waals surface area contributed by atoms with Gasteiger partial charge in [-0.25, -0.2) is 4.98 Å². The topological polar surface area (TPSA) is 66.3 Å². The second-order valence-corrected chi connectivity index (χ2v) is 8.69. The van der Waals surface area contributed by atoms with Crippen LogP contribution in [0.15, 0.2) is 65.7 Å². The lowest BCUT2D eigenvalue weighted by molar-refractivity contribution is 0.313. The molecule has 0 aliphatic carbocycles. The molecule has 33 heavy (non-hydrogen) atoms. The fourth-order valence-electron chi connectivity index (χ4n) is 4.34. The summed E-state index contributed by atoms with van der Waals surface area (Å²) in [5.41, 5.74) is 5.33. The van der Waals surface area contributed by atoms with E-state index in [-0.39, 0.29) is 5.43 Å². The van der Waals surface area contributed by atoms with E-state index >= 15 is 0 Å². The van der Waals surface area contributed by atoms with Crippen molar-refractivity contribution < 1.29 is 0 Å². The van der Waals surface area contributed by atoms with Crippen LogP contribution in [0, 0.1) is 6.92 Å². The summed E-state index contributed by atoms with van der Waals surface area (Å²) in [6, 6.07) is 16.2. The average Bonchev–Trinajstić information content (AvgIpc) is 2.83. The molecule has 1 N–H and O–H groups in total. The Labute approximate surface area is 193 Å². The number of aryl methyl sites for hydroxylation is 2. The summed E-state index contributed by atoms with van der Waals surface area (Å²) in [4.78, 5) is 27.0. The van der Waals surface area contributed by atoms with Gasteiger partial charge in [0.15, 0.2) is 5.43 Å². The summed E-state index contributed by atoms with van der Waals surface area (Å²) < 4.78 is 1.89. The number of hydrogen-bond donors (Lipinski definition) is 1. The Kier molecular flexibility index (Phi) is 5.56. The molecule has 0 amide bonds. The molecule has 7 heteroatoms. The normalized spacial score (nSPS) is 14.6. The molecule has 2 aromatic carbocycles. The molecule has 1 aliphatic heterocycles. The van der Waals surface area contributed by atoms with Crippen molar-refractivity contribution in [3.05, 3.63) is 76.7 Å². The first-order valence-corrected chi connectivity index (χ1v) is 11.2. The minimum atomic E-state index is -0.0551. The summed E-state index contributed by atoms with van der Waals surface area (Å²) in [6.07, 6.45) is 3.47. The number of nitrogens with one attached hydrogen (secondary N) is 1. The molecule has 0 spiro atoms. The Morgan fingerprint density at radius 2 is 1.64 bits per heavy atom. The van der Waals surface area contributed by atoms with Crippen LogP contribution in [0.25, 0.3) is 22.2 Å². The van der Waals surface area contributed by atoms with E-state index in [1.165, 1.54) is 5.69 Å². The van der Waals surface area contributed by atoms with Gasteiger partial charge in [-0.3, -0.25) is 4.79 Å². The van der Waals surface area contributed by atoms with Crippen LogP contribution >= 0.6 is 0 Å². The lowest BCUT2D eigenvalue weighted by atomic mass is 10.0. The number of piperazine rings is 1. The van der Waals surface area contributed by atoms with Gasteiger partial charge in [0.1, 0.15) is 5.65 Å².